The molecule has 6 nitrogen and oxygen atoms in total. The SMILES string of the molecule is COc1cc(CCC(=O)N2CCCC3=C[C@@H]4C[C@@H](CN5CCCC[C@H]45)[C@@H]32)on1. The summed E-state index contributed by atoms with van der Waals surface area (Å²) in [6.45, 7) is 3.31. The van der Waals surface area contributed by atoms with Gasteiger partial charge in [0.15, 0.2) is 0 Å². The Kier molecular flexibility index (Phi) is 4.91. The van der Waals surface area contributed by atoms with E-state index in [0.29, 0.717) is 36.6 Å². The average molecular weight is 386 g/mol. The molecule has 0 spiro atoms. The Hall–Kier alpha value is -1.82. The molecule has 1 aliphatic carbocycles. The van der Waals surface area contributed by atoms with Gasteiger partial charge < -0.3 is 14.2 Å². The van der Waals surface area contributed by atoms with Gasteiger partial charge in [0.05, 0.1) is 13.2 Å². The Morgan fingerprint density at radius 3 is 3.11 bits per heavy atom. The number of hydrogen-bond acceptors (Lipinski definition) is 5. The smallest absolute Gasteiger partial charge is 0.254 e. The van der Waals surface area contributed by atoms with Crippen LogP contribution in [-0.2, 0) is 11.2 Å². The lowest BCUT2D eigenvalue weighted by Gasteiger charge is -2.54. The zero-order valence-electron chi connectivity index (χ0n) is 16.8. The van der Waals surface area contributed by atoms with Crippen LogP contribution in [0.5, 0.6) is 5.88 Å². The van der Waals surface area contributed by atoms with Crippen LogP contribution in [0, 0.1) is 11.8 Å². The van der Waals surface area contributed by atoms with Crippen molar-refractivity contribution in [3.8, 4) is 5.88 Å². The molecule has 3 saturated heterocycles. The van der Waals surface area contributed by atoms with E-state index in [2.05, 4.69) is 21.0 Å². The van der Waals surface area contributed by atoms with Gasteiger partial charge >= 0.3 is 0 Å². The predicted octanol–water partition coefficient (Wildman–Crippen LogP) is 3.04. The van der Waals surface area contributed by atoms with Crippen molar-refractivity contribution in [1.29, 1.82) is 0 Å². The maximum Gasteiger partial charge on any atom is 0.254 e. The lowest BCUT2D eigenvalue weighted by atomic mass is 9.68. The van der Waals surface area contributed by atoms with E-state index in [9.17, 15) is 4.79 Å². The van der Waals surface area contributed by atoms with Crippen LogP contribution in [0.25, 0.3) is 0 Å². The molecule has 4 atom stereocenters. The highest BCUT2D eigenvalue weighted by molar-refractivity contribution is 5.77. The third-order valence-corrected chi connectivity index (χ3v) is 7.31. The lowest BCUT2D eigenvalue weighted by Crippen LogP contribution is -2.60. The fraction of sp³-hybridized carbons (Fsp3) is 0.727. The minimum atomic E-state index is 0.255. The van der Waals surface area contributed by atoms with Gasteiger partial charge in [-0.3, -0.25) is 9.69 Å². The molecule has 0 unspecified atom stereocenters. The Morgan fingerprint density at radius 1 is 1.32 bits per heavy atom. The number of ether oxygens (including phenoxy) is 1. The fourth-order valence-electron chi connectivity index (χ4n) is 6.13. The topological polar surface area (TPSA) is 58.8 Å². The van der Waals surface area contributed by atoms with E-state index in [1.165, 1.54) is 45.2 Å². The van der Waals surface area contributed by atoms with Crippen molar-refractivity contribution >= 4 is 5.91 Å². The van der Waals surface area contributed by atoms with Crippen molar-refractivity contribution in [3.63, 3.8) is 0 Å². The van der Waals surface area contributed by atoms with Crippen molar-refractivity contribution in [2.45, 2.75) is 63.5 Å². The van der Waals surface area contributed by atoms with Crippen LogP contribution in [0.2, 0.25) is 0 Å². The van der Waals surface area contributed by atoms with Crippen molar-refractivity contribution in [2.24, 2.45) is 11.8 Å². The Bertz CT molecular complexity index is 758. The van der Waals surface area contributed by atoms with Crippen LogP contribution in [0.15, 0.2) is 22.2 Å². The third-order valence-electron chi connectivity index (χ3n) is 7.31. The summed E-state index contributed by atoms with van der Waals surface area (Å²) >= 11 is 0. The molecule has 0 N–H and O–H groups in total. The van der Waals surface area contributed by atoms with Gasteiger partial charge in [-0.15, -0.1) is 0 Å². The first-order valence-electron chi connectivity index (χ1n) is 11.0. The van der Waals surface area contributed by atoms with Crippen LogP contribution >= 0.6 is 0 Å². The quantitative estimate of drug-likeness (QED) is 0.746. The summed E-state index contributed by atoms with van der Waals surface area (Å²) in [4.78, 5) is 18.1. The molecular formula is C22H31N3O3. The van der Waals surface area contributed by atoms with Crippen LogP contribution in [0.3, 0.4) is 0 Å². The van der Waals surface area contributed by atoms with Gasteiger partial charge in [0.1, 0.15) is 5.76 Å². The van der Waals surface area contributed by atoms with Gasteiger partial charge in [0.25, 0.3) is 5.88 Å². The van der Waals surface area contributed by atoms with Gasteiger partial charge in [-0.1, -0.05) is 18.1 Å². The first kappa shape index (κ1) is 18.2. The number of carbonyl (C=O) groups is 1. The van der Waals surface area contributed by atoms with E-state index in [-0.39, 0.29) is 5.91 Å². The number of rotatable bonds is 4. The second kappa shape index (κ2) is 7.54. The first-order chi connectivity index (χ1) is 13.7. The van der Waals surface area contributed by atoms with Gasteiger partial charge in [-0.05, 0) is 55.6 Å². The second-order valence-electron chi connectivity index (χ2n) is 8.93. The molecule has 4 aliphatic rings. The molecule has 0 radical (unpaired) electrons. The van der Waals surface area contributed by atoms with Crippen LogP contribution in [-0.4, -0.2) is 59.7 Å². The van der Waals surface area contributed by atoms with Crippen molar-refractivity contribution in [2.75, 3.05) is 26.7 Å². The monoisotopic (exact) mass is 385 g/mol. The summed E-state index contributed by atoms with van der Waals surface area (Å²) in [5.74, 6) is 2.76. The molecule has 0 aromatic carbocycles. The van der Waals surface area contributed by atoms with E-state index in [0.717, 1.165) is 24.8 Å². The number of aromatic nitrogens is 1. The number of aryl methyl sites for hydroxylation is 1. The Labute approximate surface area is 166 Å². The maximum atomic E-state index is 13.1. The molecule has 1 aromatic rings. The molecule has 1 aromatic heterocycles. The zero-order valence-corrected chi connectivity index (χ0v) is 16.8. The Morgan fingerprint density at radius 2 is 2.25 bits per heavy atom. The molecule has 3 aliphatic heterocycles. The molecule has 1 amide bonds. The highest BCUT2D eigenvalue weighted by Crippen LogP contribution is 2.45. The van der Waals surface area contributed by atoms with Crippen molar-refractivity contribution in [3.05, 3.63) is 23.5 Å². The number of amides is 1. The normalized spacial score (nSPS) is 32.3. The largest absolute Gasteiger partial charge is 0.479 e. The molecule has 0 saturated carbocycles. The highest BCUT2D eigenvalue weighted by Gasteiger charge is 2.46. The summed E-state index contributed by atoms with van der Waals surface area (Å²) in [5, 5.41) is 3.83. The first-order valence-corrected chi connectivity index (χ1v) is 11.0. The van der Waals surface area contributed by atoms with Crippen molar-refractivity contribution < 1.29 is 14.1 Å². The van der Waals surface area contributed by atoms with E-state index >= 15 is 0 Å². The molecule has 4 heterocycles. The maximum absolute atomic E-state index is 13.1. The fourth-order valence-corrected chi connectivity index (χ4v) is 6.13. The zero-order chi connectivity index (χ0) is 19.1. The minimum absolute atomic E-state index is 0.255. The Balaban J connectivity index is 1.30. The van der Waals surface area contributed by atoms with E-state index in [1.54, 1.807) is 18.7 Å². The molecule has 6 heteroatoms. The summed E-state index contributed by atoms with van der Waals surface area (Å²) < 4.78 is 10.3. The molecule has 5 rings (SSSR count). The van der Waals surface area contributed by atoms with Gasteiger partial charge in [0, 0.05) is 38.0 Å². The number of methoxy groups -OCH3 is 1. The van der Waals surface area contributed by atoms with Crippen LogP contribution in [0.1, 0.15) is 50.7 Å². The number of fused-ring (bicyclic) bond motifs is 6. The predicted molar refractivity (Wildman–Crippen MR) is 105 cm³/mol. The third kappa shape index (κ3) is 3.25. The van der Waals surface area contributed by atoms with E-state index < -0.39 is 0 Å². The van der Waals surface area contributed by atoms with E-state index in [4.69, 9.17) is 9.26 Å². The summed E-state index contributed by atoms with van der Waals surface area (Å²) in [7, 11) is 1.57. The van der Waals surface area contributed by atoms with Crippen LogP contribution < -0.4 is 4.74 Å². The molecule has 3 fully saturated rings. The van der Waals surface area contributed by atoms with Gasteiger partial charge in [-0.25, -0.2) is 0 Å². The number of nitrogens with zero attached hydrogens (tertiary/aromatic N) is 3. The second-order valence-corrected chi connectivity index (χ2v) is 8.93. The number of hydrogen-bond donors (Lipinski definition) is 0. The highest BCUT2D eigenvalue weighted by atomic mass is 16.5. The van der Waals surface area contributed by atoms with Crippen LogP contribution in [0.4, 0.5) is 0 Å². The molecular weight excluding hydrogens is 354 g/mol. The van der Waals surface area contributed by atoms with E-state index in [1.807, 2.05) is 0 Å². The summed E-state index contributed by atoms with van der Waals surface area (Å²) in [6, 6.07) is 2.85. The van der Waals surface area contributed by atoms with Gasteiger partial charge in [0.2, 0.25) is 5.91 Å². The summed E-state index contributed by atoms with van der Waals surface area (Å²) in [6.07, 6.45) is 11.2. The van der Waals surface area contributed by atoms with Gasteiger partial charge in [-0.2, -0.15) is 0 Å². The minimum Gasteiger partial charge on any atom is -0.479 e. The van der Waals surface area contributed by atoms with Crippen molar-refractivity contribution in [1.82, 2.24) is 15.0 Å². The molecule has 28 heavy (non-hydrogen) atoms. The number of piperidine rings is 3. The molecule has 152 valence electrons. The molecule has 2 bridgehead atoms. The average Bonchev–Trinajstić information content (AvgIpc) is 3.20. The lowest BCUT2D eigenvalue weighted by molar-refractivity contribution is -0.136. The number of likely N-dealkylation sites (tertiary alicyclic amines) is 1. The number of carbonyl (C=O) groups excluding carboxylic acids is 1. The summed E-state index contributed by atoms with van der Waals surface area (Å²) in [5.41, 5.74) is 1.55. The standard InChI is InChI=1S/C22H31N3O3/c1-27-20-13-18(28-23-20)7-8-21(26)25-10-4-5-15-11-16-12-17(22(15)25)14-24-9-3-2-6-19(16)24/h11,13,16-17,19,22H,2-10,12,14H2,1H3/t16-,17+,19-,22-/m1/s1.